The molecule has 1 atom stereocenters. The number of hydrogen-bond acceptors (Lipinski definition) is 4. The zero-order valence-electron chi connectivity index (χ0n) is 17.0. The molecule has 0 bridgehead atoms. The van der Waals surface area contributed by atoms with E-state index in [1.165, 1.54) is 0 Å². The lowest BCUT2D eigenvalue weighted by Crippen LogP contribution is -2.45. The summed E-state index contributed by atoms with van der Waals surface area (Å²) in [5.41, 5.74) is 1.83. The fourth-order valence-electron chi connectivity index (χ4n) is 3.60. The Labute approximate surface area is 181 Å². The van der Waals surface area contributed by atoms with Gasteiger partial charge in [0, 0.05) is 38.6 Å². The molecule has 1 aliphatic rings. The van der Waals surface area contributed by atoms with Gasteiger partial charge in [-0.25, -0.2) is 0 Å². The lowest BCUT2D eigenvalue weighted by Gasteiger charge is -2.35. The zero-order chi connectivity index (χ0) is 20.7. The van der Waals surface area contributed by atoms with Crippen LogP contribution in [0.2, 0.25) is 0 Å². The minimum Gasteiger partial charge on any atom is -0.493 e. The molecular weight excluding hydrogens is 417 g/mol. The highest BCUT2D eigenvalue weighted by atomic mass is 35.5. The normalized spacial score (nSPS) is 15.9. The van der Waals surface area contributed by atoms with E-state index in [2.05, 4.69) is 10.2 Å². The first-order valence-corrected chi connectivity index (χ1v) is 9.82. The van der Waals surface area contributed by atoms with Crippen LogP contribution >= 0.6 is 12.4 Å². The second-order valence-corrected chi connectivity index (χ2v) is 7.14. The first-order valence-electron chi connectivity index (χ1n) is 9.82. The van der Waals surface area contributed by atoms with E-state index in [0.717, 1.165) is 37.3 Å². The van der Waals surface area contributed by atoms with Gasteiger partial charge in [0.2, 0.25) is 0 Å². The molecule has 0 amide bonds. The van der Waals surface area contributed by atoms with Gasteiger partial charge in [0.25, 0.3) is 0 Å². The van der Waals surface area contributed by atoms with Crippen molar-refractivity contribution in [3.8, 4) is 11.5 Å². The van der Waals surface area contributed by atoms with Gasteiger partial charge in [-0.05, 0) is 29.7 Å². The molecule has 3 rings (SSSR count). The quantitative estimate of drug-likeness (QED) is 0.622. The molecule has 0 radical (unpaired) electrons. The van der Waals surface area contributed by atoms with E-state index >= 15 is 0 Å². The van der Waals surface area contributed by atoms with Crippen LogP contribution in [0, 0.1) is 0 Å². The van der Waals surface area contributed by atoms with Crippen LogP contribution in [0.15, 0.2) is 48.5 Å². The molecule has 0 aromatic heterocycles. The number of nitrogens with zero attached hydrogens (tertiary/aromatic N) is 1. The lowest BCUT2D eigenvalue weighted by molar-refractivity contribution is -0.138. The van der Waals surface area contributed by atoms with E-state index < -0.39 is 12.6 Å². The molecule has 4 nitrogen and oxygen atoms in total. The molecule has 2 aromatic rings. The monoisotopic (exact) mass is 444 g/mol. The van der Waals surface area contributed by atoms with Crippen molar-refractivity contribution in [2.24, 2.45) is 0 Å². The van der Waals surface area contributed by atoms with Crippen molar-refractivity contribution in [3.63, 3.8) is 0 Å². The second kappa shape index (κ2) is 11.4. The van der Waals surface area contributed by atoms with Gasteiger partial charge in [-0.15, -0.1) is 12.4 Å². The van der Waals surface area contributed by atoms with Gasteiger partial charge in [-0.3, -0.25) is 4.90 Å². The Kier molecular flexibility index (Phi) is 9.27. The fraction of sp³-hybridized carbons (Fsp3) is 0.455. The van der Waals surface area contributed by atoms with E-state index in [0.29, 0.717) is 18.1 Å². The Hall–Kier alpha value is -1.96. The van der Waals surface area contributed by atoms with Crippen molar-refractivity contribution in [1.82, 2.24) is 10.2 Å². The summed E-state index contributed by atoms with van der Waals surface area (Å²) in [5, 5.41) is 3.25. The van der Waals surface area contributed by atoms with E-state index in [9.17, 15) is 13.2 Å². The molecule has 0 spiro atoms. The van der Waals surface area contributed by atoms with Gasteiger partial charge in [-0.1, -0.05) is 36.4 Å². The maximum atomic E-state index is 12.9. The highest BCUT2D eigenvalue weighted by molar-refractivity contribution is 5.85. The molecule has 1 fully saturated rings. The van der Waals surface area contributed by atoms with Crippen LogP contribution in [0.3, 0.4) is 0 Å². The van der Waals surface area contributed by atoms with Crippen LogP contribution < -0.4 is 14.8 Å². The SMILES string of the molecule is COc1ccc([C@H](CCC(F)(F)F)N2CCNCC2)cc1OCc1ccccc1.Cl. The van der Waals surface area contributed by atoms with Gasteiger partial charge in [0.15, 0.2) is 11.5 Å². The van der Waals surface area contributed by atoms with Crippen molar-refractivity contribution in [2.75, 3.05) is 33.3 Å². The molecule has 30 heavy (non-hydrogen) atoms. The first kappa shape index (κ1) is 24.3. The number of nitrogens with one attached hydrogen (secondary N) is 1. The average Bonchev–Trinajstić information content (AvgIpc) is 2.73. The summed E-state index contributed by atoms with van der Waals surface area (Å²) in [6.45, 7) is 3.34. The second-order valence-electron chi connectivity index (χ2n) is 7.14. The van der Waals surface area contributed by atoms with Crippen molar-refractivity contribution in [3.05, 3.63) is 59.7 Å². The van der Waals surface area contributed by atoms with Crippen LogP contribution in [0.5, 0.6) is 11.5 Å². The number of halogens is 4. The van der Waals surface area contributed by atoms with E-state index in [4.69, 9.17) is 9.47 Å². The summed E-state index contributed by atoms with van der Waals surface area (Å²) in [5.74, 6) is 1.11. The summed E-state index contributed by atoms with van der Waals surface area (Å²) in [7, 11) is 1.56. The molecule has 1 saturated heterocycles. The van der Waals surface area contributed by atoms with Crippen LogP contribution in [0.4, 0.5) is 13.2 Å². The number of alkyl halides is 3. The molecule has 166 valence electrons. The summed E-state index contributed by atoms with van der Waals surface area (Å²) in [6.07, 6.45) is -4.97. The Morgan fingerprint density at radius 1 is 1.03 bits per heavy atom. The number of methoxy groups -OCH3 is 1. The third-order valence-corrected chi connectivity index (χ3v) is 5.10. The predicted molar refractivity (Wildman–Crippen MR) is 113 cm³/mol. The molecule has 1 aliphatic heterocycles. The molecule has 0 unspecified atom stereocenters. The molecule has 1 heterocycles. The first-order chi connectivity index (χ1) is 14.0. The molecule has 2 aromatic carbocycles. The van der Waals surface area contributed by atoms with Crippen molar-refractivity contribution >= 4 is 12.4 Å². The molecule has 8 heteroatoms. The Morgan fingerprint density at radius 2 is 1.73 bits per heavy atom. The summed E-state index contributed by atoms with van der Waals surface area (Å²) in [4.78, 5) is 2.12. The number of ether oxygens (including phenoxy) is 2. The fourth-order valence-corrected chi connectivity index (χ4v) is 3.60. The maximum absolute atomic E-state index is 12.9. The Morgan fingerprint density at radius 3 is 2.37 bits per heavy atom. The highest BCUT2D eigenvalue weighted by Gasteiger charge is 2.31. The van der Waals surface area contributed by atoms with Gasteiger partial charge >= 0.3 is 6.18 Å². The standard InChI is InChI=1S/C22H27F3N2O2.ClH/c1-28-20-8-7-18(15-21(20)29-16-17-5-3-2-4-6-17)19(9-10-22(23,24)25)27-13-11-26-12-14-27;/h2-8,15,19,26H,9-14,16H2,1H3;1H/t19-;/m0./s1. The molecule has 0 saturated carbocycles. The van der Waals surface area contributed by atoms with E-state index in [1.54, 1.807) is 13.2 Å². The smallest absolute Gasteiger partial charge is 0.389 e. The van der Waals surface area contributed by atoms with Gasteiger partial charge < -0.3 is 14.8 Å². The highest BCUT2D eigenvalue weighted by Crippen LogP contribution is 2.36. The van der Waals surface area contributed by atoms with Crippen LogP contribution in [0.1, 0.15) is 30.0 Å². The third-order valence-electron chi connectivity index (χ3n) is 5.10. The summed E-state index contributed by atoms with van der Waals surface area (Å²) in [6, 6.07) is 14.9. The minimum atomic E-state index is -4.18. The number of hydrogen-bond donors (Lipinski definition) is 1. The summed E-state index contributed by atoms with van der Waals surface area (Å²) < 4.78 is 50.1. The largest absolute Gasteiger partial charge is 0.493 e. The molecule has 0 aliphatic carbocycles. The van der Waals surface area contributed by atoms with Crippen LogP contribution in [-0.4, -0.2) is 44.4 Å². The van der Waals surface area contributed by atoms with Gasteiger partial charge in [0.05, 0.1) is 7.11 Å². The number of piperazine rings is 1. The summed E-state index contributed by atoms with van der Waals surface area (Å²) >= 11 is 0. The van der Waals surface area contributed by atoms with Crippen molar-refractivity contribution < 1.29 is 22.6 Å². The lowest BCUT2D eigenvalue weighted by atomic mass is 9.98. The van der Waals surface area contributed by atoms with E-state index in [1.807, 2.05) is 42.5 Å². The van der Waals surface area contributed by atoms with Gasteiger partial charge in [0.1, 0.15) is 6.61 Å². The average molecular weight is 445 g/mol. The predicted octanol–water partition coefficient (Wildman–Crippen LogP) is 4.98. The van der Waals surface area contributed by atoms with E-state index in [-0.39, 0.29) is 24.9 Å². The van der Waals surface area contributed by atoms with Crippen LogP contribution in [-0.2, 0) is 6.61 Å². The van der Waals surface area contributed by atoms with Gasteiger partial charge in [-0.2, -0.15) is 13.2 Å². The molecular formula is C22H28ClF3N2O2. The Bertz CT molecular complexity index is 769. The molecule has 1 N–H and O–H groups in total. The van der Waals surface area contributed by atoms with Crippen molar-refractivity contribution in [1.29, 1.82) is 0 Å². The topological polar surface area (TPSA) is 33.7 Å². The minimum absolute atomic E-state index is 0. The maximum Gasteiger partial charge on any atom is 0.389 e. The van der Waals surface area contributed by atoms with Crippen molar-refractivity contribution in [2.45, 2.75) is 31.7 Å². The number of rotatable bonds is 8. The zero-order valence-corrected chi connectivity index (χ0v) is 17.8. The number of benzene rings is 2. The third kappa shape index (κ3) is 7.07. The van der Waals surface area contributed by atoms with Crippen LogP contribution in [0.25, 0.3) is 0 Å². The Balaban J connectivity index is 0.00000320.